The van der Waals surface area contributed by atoms with Crippen molar-refractivity contribution < 1.29 is 48.1 Å². The van der Waals surface area contributed by atoms with Gasteiger partial charge in [-0.15, -0.1) is 0 Å². The predicted molar refractivity (Wildman–Crippen MR) is 220 cm³/mol. The number of esters is 1. The Labute approximate surface area is 346 Å². The lowest BCUT2D eigenvalue weighted by atomic mass is 9.96. The molecule has 2 rings (SSSR count). The van der Waals surface area contributed by atoms with Gasteiger partial charge in [0.15, 0.2) is 0 Å². The van der Waals surface area contributed by atoms with Crippen LogP contribution in [0.2, 0.25) is 0 Å². The molecule has 59 heavy (non-hydrogen) atoms. The van der Waals surface area contributed by atoms with E-state index in [0.717, 1.165) is 5.56 Å². The zero-order valence-corrected chi connectivity index (χ0v) is 35.3. The summed E-state index contributed by atoms with van der Waals surface area (Å²) < 4.78 is 10.2. The van der Waals surface area contributed by atoms with E-state index in [9.17, 15) is 38.7 Å². The number of methoxy groups -OCH3 is 1. The van der Waals surface area contributed by atoms with Crippen molar-refractivity contribution in [2.24, 2.45) is 17.6 Å². The summed E-state index contributed by atoms with van der Waals surface area (Å²) in [5.74, 6) is -5.10. The van der Waals surface area contributed by atoms with Crippen LogP contribution in [0.3, 0.4) is 0 Å². The zero-order valence-electron chi connectivity index (χ0n) is 35.3. The Morgan fingerprint density at radius 2 is 1.29 bits per heavy atom. The molecule has 0 saturated heterocycles. The van der Waals surface area contributed by atoms with Gasteiger partial charge in [-0.3, -0.25) is 29.3 Å². The van der Waals surface area contributed by atoms with Crippen molar-refractivity contribution in [3.05, 3.63) is 71.8 Å². The average Bonchev–Trinajstić information content (AvgIpc) is 3.18. The van der Waals surface area contributed by atoms with Crippen LogP contribution in [0.4, 0.5) is 4.79 Å². The third kappa shape index (κ3) is 18.3. The number of nitrogens with two attached hydrogens (primary N) is 1. The van der Waals surface area contributed by atoms with Crippen molar-refractivity contribution in [3.8, 4) is 0 Å². The molecule has 17 nitrogen and oxygen atoms in total. The van der Waals surface area contributed by atoms with Gasteiger partial charge in [0.2, 0.25) is 29.5 Å². The number of aliphatic hydroxyl groups is 1. The lowest BCUT2D eigenvalue weighted by Gasteiger charge is -2.29. The highest BCUT2D eigenvalue weighted by Gasteiger charge is 2.34. The van der Waals surface area contributed by atoms with Gasteiger partial charge in [-0.2, -0.15) is 0 Å². The van der Waals surface area contributed by atoms with E-state index >= 15 is 0 Å². The molecular formula is C42H63N7O10. The summed E-state index contributed by atoms with van der Waals surface area (Å²) in [6, 6.07) is 12.0. The number of ether oxygens (including phenoxy) is 2. The lowest BCUT2D eigenvalue weighted by Crippen LogP contribution is -2.59. The lowest BCUT2D eigenvalue weighted by molar-refractivity contribution is -0.147. The molecule has 0 bridgehead atoms. The number of carbonyl (C=O) groups is 7. The molecule has 7 atom stereocenters. The molecule has 0 aliphatic heterocycles. The number of nitrogens with one attached hydrogen (secondary N) is 6. The van der Waals surface area contributed by atoms with Gasteiger partial charge >= 0.3 is 12.1 Å². The van der Waals surface area contributed by atoms with E-state index in [1.807, 2.05) is 37.3 Å². The molecule has 0 aromatic heterocycles. The summed E-state index contributed by atoms with van der Waals surface area (Å²) in [7, 11) is 1.22. The van der Waals surface area contributed by atoms with Gasteiger partial charge in [0.25, 0.3) is 0 Å². The normalized spacial score (nSPS) is 14.9. The van der Waals surface area contributed by atoms with E-state index in [4.69, 9.17) is 15.2 Å². The van der Waals surface area contributed by atoms with Gasteiger partial charge in [-0.25, -0.2) is 9.59 Å². The molecule has 0 saturated carbocycles. The Kier molecular flexibility index (Phi) is 20.5. The van der Waals surface area contributed by atoms with E-state index in [0.29, 0.717) is 18.4 Å². The van der Waals surface area contributed by atoms with Gasteiger partial charge in [-0.1, -0.05) is 94.8 Å². The van der Waals surface area contributed by atoms with Crippen LogP contribution in [0.25, 0.3) is 0 Å². The largest absolute Gasteiger partial charge is 0.467 e. The van der Waals surface area contributed by atoms with E-state index in [1.54, 1.807) is 71.9 Å². The van der Waals surface area contributed by atoms with Crippen LogP contribution in [-0.2, 0) is 51.1 Å². The molecule has 2 aromatic carbocycles. The number of alkyl carbamates (subject to hydrolysis) is 1. The van der Waals surface area contributed by atoms with Crippen molar-refractivity contribution in [2.75, 3.05) is 13.7 Å². The number of hydrogen-bond acceptors (Lipinski definition) is 11. The highest BCUT2D eigenvalue weighted by Crippen LogP contribution is 2.13. The summed E-state index contributed by atoms with van der Waals surface area (Å²) in [5, 5.41) is 26.8. The first-order valence-corrected chi connectivity index (χ1v) is 19.8. The van der Waals surface area contributed by atoms with Crippen LogP contribution in [0, 0.1) is 11.8 Å². The average molecular weight is 826 g/mol. The minimum atomic E-state index is -1.55. The Morgan fingerprint density at radius 3 is 1.81 bits per heavy atom. The van der Waals surface area contributed by atoms with E-state index in [2.05, 4.69) is 31.9 Å². The van der Waals surface area contributed by atoms with Gasteiger partial charge in [0, 0.05) is 6.42 Å². The second-order valence-corrected chi connectivity index (χ2v) is 15.7. The van der Waals surface area contributed by atoms with E-state index in [-0.39, 0.29) is 24.7 Å². The summed E-state index contributed by atoms with van der Waals surface area (Å²) in [4.78, 5) is 91.9. The maximum Gasteiger partial charge on any atom is 0.408 e. The van der Waals surface area contributed by atoms with Crippen LogP contribution >= 0.6 is 0 Å². The van der Waals surface area contributed by atoms with Crippen LogP contribution in [-0.4, -0.2) is 102 Å². The van der Waals surface area contributed by atoms with Crippen molar-refractivity contribution in [1.82, 2.24) is 31.9 Å². The summed E-state index contributed by atoms with van der Waals surface area (Å²) >= 11 is 0. The Morgan fingerprint density at radius 1 is 0.729 bits per heavy atom. The number of hydrogen-bond donors (Lipinski definition) is 8. The highest BCUT2D eigenvalue weighted by atomic mass is 16.6. The third-order valence-corrected chi connectivity index (χ3v) is 9.28. The molecule has 1 unspecified atom stereocenters. The maximum absolute atomic E-state index is 13.8. The summed E-state index contributed by atoms with van der Waals surface area (Å²) in [6.45, 7) is 11.7. The van der Waals surface area contributed by atoms with E-state index < -0.39 is 96.6 Å². The fourth-order valence-electron chi connectivity index (χ4n) is 5.88. The molecule has 0 heterocycles. The molecule has 0 aliphatic rings. The van der Waals surface area contributed by atoms with Gasteiger partial charge < -0.3 is 46.9 Å². The molecule has 9 N–H and O–H groups in total. The second kappa shape index (κ2) is 24.4. The number of aliphatic hydroxyl groups excluding tert-OH is 1. The summed E-state index contributed by atoms with van der Waals surface area (Å²) in [5.41, 5.74) is 6.16. The molecule has 0 spiro atoms. The van der Waals surface area contributed by atoms with Gasteiger partial charge in [0.05, 0.1) is 26.1 Å². The van der Waals surface area contributed by atoms with Gasteiger partial charge in [0.1, 0.15) is 36.0 Å². The number of rotatable bonds is 23. The third-order valence-electron chi connectivity index (χ3n) is 9.28. The minimum Gasteiger partial charge on any atom is -0.467 e. The van der Waals surface area contributed by atoms with Crippen LogP contribution in [0.1, 0.15) is 78.9 Å². The van der Waals surface area contributed by atoms with Crippen molar-refractivity contribution >= 4 is 41.6 Å². The number of aryl methyl sites for hydroxylation is 1. The monoisotopic (exact) mass is 825 g/mol. The number of benzene rings is 2. The van der Waals surface area contributed by atoms with Crippen LogP contribution < -0.4 is 37.6 Å². The maximum atomic E-state index is 13.8. The first-order chi connectivity index (χ1) is 27.7. The zero-order chi connectivity index (χ0) is 44.3. The molecular weight excluding hydrogens is 763 g/mol. The Balaban J connectivity index is 2.28. The fourth-order valence-corrected chi connectivity index (χ4v) is 5.88. The SMILES string of the molecule is CC[C@H](C)[C@H](NC(O)CNC(=O)[C@H](Cc1ccccc1)NC(=O)[C@H](CC(N)=O)NC(=O)[C@H](CCc1ccccc1)NC(=O)OC(C)(C)C)C(=O)N[C@H](C(=O)OC)C(C)C. The molecule has 6 amide bonds. The first-order valence-electron chi connectivity index (χ1n) is 19.8. The minimum absolute atomic E-state index is 0.0267. The van der Waals surface area contributed by atoms with Crippen LogP contribution in [0.5, 0.6) is 0 Å². The topological polar surface area (TPSA) is 256 Å². The van der Waals surface area contributed by atoms with Crippen molar-refractivity contribution in [3.63, 3.8) is 0 Å². The van der Waals surface area contributed by atoms with E-state index in [1.165, 1.54) is 7.11 Å². The van der Waals surface area contributed by atoms with Crippen molar-refractivity contribution in [2.45, 2.75) is 123 Å². The molecule has 0 radical (unpaired) electrons. The number of carbonyl (C=O) groups excluding carboxylic acids is 7. The number of primary amides is 1. The molecule has 17 heteroatoms. The summed E-state index contributed by atoms with van der Waals surface area (Å²) in [6.07, 6.45) is -1.96. The Hall–Kier alpha value is -5.55. The Bertz CT molecular complexity index is 1690. The highest BCUT2D eigenvalue weighted by molar-refractivity contribution is 5.96. The fraction of sp³-hybridized carbons (Fsp3) is 0.548. The molecule has 326 valence electrons. The molecule has 2 aromatic rings. The van der Waals surface area contributed by atoms with Crippen molar-refractivity contribution in [1.29, 1.82) is 0 Å². The standard InChI is InChI=1S/C42H63N7O10/c1-9-26(4)35(39(55)49-34(25(2)3)40(56)58-8)48-33(51)24-44-36(52)30(22-28-18-14-11-15-19-28)45-38(54)31(23-32(43)50)46-37(53)29(47-41(57)59-42(5,6)7)21-20-27-16-12-10-13-17-27/h10-19,25-26,29-31,33-35,48,51H,9,20-24H2,1-8H3,(H2,43,50)(H,44,52)(H,45,54)(H,46,53)(H,47,57)(H,49,55)/t26-,29-,30-,31-,33?,34-,35-/m0/s1. The quantitative estimate of drug-likeness (QED) is 0.0586. The smallest absolute Gasteiger partial charge is 0.408 e. The van der Waals surface area contributed by atoms with Crippen LogP contribution in [0.15, 0.2) is 60.7 Å². The first kappa shape index (κ1) is 49.6. The van der Waals surface area contributed by atoms with Gasteiger partial charge in [-0.05, 0) is 56.6 Å². The predicted octanol–water partition coefficient (Wildman–Crippen LogP) is 1.35. The molecule has 0 fully saturated rings. The number of amides is 6. The molecule has 0 aliphatic carbocycles. The second-order valence-electron chi connectivity index (χ2n) is 15.7.